The number of nitrogens with zero attached hydrogens (tertiary/aromatic N) is 3. The Morgan fingerprint density at radius 1 is 1.43 bits per heavy atom. The number of ether oxygens (including phenoxy) is 1. The summed E-state index contributed by atoms with van der Waals surface area (Å²) < 4.78 is 2.99. The largest absolute Gasteiger partial charge is 0.361 e. The topological polar surface area (TPSA) is 92.1 Å². The molecule has 0 rings (SSSR count). The van der Waals surface area contributed by atoms with Crippen molar-refractivity contribution in [2.75, 3.05) is 19.7 Å². The zero-order valence-corrected chi connectivity index (χ0v) is 14.5. The summed E-state index contributed by atoms with van der Waals surface area (Å²) >= 11 is 8.53. The highest BCUT2D eigenvalue weighted by Gasteiger charge is 2.42. The molecular weight excluding hydrogens is 369 g/mol. The van der Waals surface area contributed by atoms with E-state index in [1.165, 1.54) is 7.11 Å². The predicted octanol–water partition coefficient (Wildman–Crippen LogP) is 1.35. The smallest absolute Gasteiger partial charge is 0.338 e. The van der Waals surface area contributed by atoms with Crippen LogP contribution in [0, 0.1) is 11.3 Å². The average molecular weight is 387 g/mol. The Bertz CT molecular complexity index is 417. The van der Waals surface area contributed by atoms with Crippen molar-refractivity contribution < 1.29 is 24.0 Å². The fourth-order valence-corrected chi connectivity index (χ4v) is 1.82. The Morgan fingerprint density at radius 3 is 2.33 bits per heavy atom. The maximum atomic E-state index is 12.2. The second kappa shape index (κ2) is 9.17. The molecular formula is C11H17BrClN3O5. The van der Waals surface area contributed by atoms with Gasteiger partial charge in [0.05, 0.1) is 12.7 Å². The first-order valence-corrected chi connectivity index (χ1v) is 7.27. The minimum atomic E-state index is -1.86. The number of carbonyl (C=O) groups is 2. The number of methoxy groups -OCH3 is 1. The fraction of sp³-hybridized carbons (Fsp3) is 0.727. The number of rotatable bonds is 7. The SMILES string of the molecule is CCON(OC(C)C)C(=O)C(=O)N(CCl)C(Br)(C#N)OC. The van der Waals surface area contributed by atoms with Crippen molar-refractivity contribution in [2.45, 2.75) is 31.5 Å². The van der Waals surface area contributed by atoms with Gasteiger partial charge in [-0.2, -0.15) is 5.26 Å². The second-order valence-corrected chi connectivity index (χ2v) is 5.18. The quantitative estimate of drug-likeness (QED) is 0.216. The monoisotopic (exact) mass is 385 g/mol. The van der Waals surface area contributed by atoms with Gasteiger partial charge in [-0.15, -0.1) is 11.6 Å². The highest BCUT2D eigenvalue weighted by Crippen LogP contribution is 2.24. The van der Waals surface area contributed by atoms with Gasteiger partial charge in [-0.3, -0.25) is 14.5 Å². The standard InChI is InChI=1S/C11H17BrClN3O5/c1-5-20-16(21-8(2)3)10(18)9(17)15(7-13)11(12,6-14)19-4/h8H,5,7H2,1-4H3. The van der Waals surface area contributed by atoms with Crippen molar-refractivity contribution in [2.24, 2.45) is 0 Å². The lowest BCUT2D eigenvalue weighted by atomic mass is 10.4. The van der Waals surface area contributed by atoms with Crippen LogP contribution in [0.3, 0.4) is 0 Å². The Kier molecular flexibility index (Phi) is 8.77. The van der Waals surface area contributed by atoms with Crippen molar-refractivity contribution in [1.29, 1.82) is 5.26 Å². The Hall–Kier alpha value is -0.920. The van der Waals surface area contributed by atoms with Gasteiger partial charge in [-0.1, -0.05) is 5.23 Å². The molecule has 0 heterocycles. The van der Waals surface area contributed by atoms with Gasteiger partial charge in [-0.25, -0.2) is 9.68 Å². The van der Waals surface area contributed by atoms with Gasteiger partial charge in [0.1, 0.15) is 12.1 Å². The van der Waals surface area contributed by atoms with Gasteiger partial charge in [0.15, 0.2) is 0 Å². The van der Waals surface area contributed by atoms with E-state index in [9.17, 15) is 9.59 Å². The number of halogens is 2. The number of hydrogen-bond donors (Lipinski definition) is 0. The van der Waals surface area contributed by atoms with E-state index in [1.807, 2.05) is 0 Å². The predicted molar refractivity (Wildman–Crippen MR) is 76.5 cm³/mol. The first kappa shape index (κ1) is 20.1. The van der Waals surface area contributed by atoms with Crippen LogP contribution < -0.4 is 0 Å². The van der Waals surface area contributed by atoms with Crippen LogP contribution in [0.15, 0.2) is 0 Å². The zero-order chi connectivity index (χ0) is 16.6. The summed E-state index contributed by atoms with van der Waals surface area (Å²) in [6.45, 7) is 5.03. The summed E-state index contributed by atoms with van der Waals surface area (Å²) in [7, 11) is 1.18. The van der Waals surface area contributed by atoms with Crippen molar-refractivity contribution in [3.05, 3.63) is 0 Å². The lowest BCUT2D eigenvalue weighted by molar-refractivity contribution is -0.351. The van der Waals surface area contributed by atoms with E-state index in [0.717, 1.165) is 0 Å². The van der Waals surface area contributed by atoms with Crippen LogP contribution in [0.5, 0.6) is 0 Å². The normalized spacial score (nSPS) is 13.4. The summed E-state index contributed by atoms with van der Waals surface area (Å²) in [5.41, 5.74) is 0. The molecule has 0 aromatic carbocycles. The molecule has 10 heteroatoms. The number of hydrogen-bond acceptors (Lipinski definition) is 6. The molecule has 0 aromatic heterocycles. The molecule has 0 radical (unpaired) electrons. The fourth-order valence-electron chi connectivity index (χ4n) is 1.12. The van der Waals surface area contributed by atoms with E-state index in [2.05, 4.69) is 15.9 Å². The second-order valence-electron chi connectivity index (χ2n) is 3.86. The van der Waals surface area contributed by atoms with E-state index >= 15 is 0 Å². The van der Waals surface area contributed by atoms with Gasteiger partial charge in [0.25, 0.3) is 4.63 Å². The molecule has 0 aliphatic carbocycles. The maximum Gasteiger partial charge on any atom is 0.361 e. The highest BCUT2D eigenvalue weighted by atomic mass is 79.9. The first-order chi connectivity index (χ1) is 9.77. The van der Waals surface area contributed by atoms with Gasteiger partial charge < -0.3 is 4.74 Å². The number of carbonyl (C=O) groups excluding carboxylic acids is 2. The molecule has 0 aliphatic rings. The molecule has 0 aromatic rings. The van der Waals surface area contributed by atoms with Crippen molar-refractivity contribution in [3.8, 4) is 6.07 Å². The van der Waals surface area contributed by atoms with E-state index in [0.29, 0.717) is 10.1 Å². The van der Waals surface area contributed by atoms with E-state index in [4.69, 9.17) is 31.3 Å². The molecule has 0 saturated carbocycles. The molecule has 0 bridgehead atoms. The number of amides is 2. The van der Waals surface area contributed by atoms with Crippen LogP contribution in [0.2, 0.25) is 0 Å². The van der Waals surface area contributed by atoms with Crippen molar-refractivity contribution in [3.63, 3.8) is 0 Å². The van der Waals surface area contributed by atoms with E-state index in [1.54, 1.807) is 26.8 Å². The third-order valence-electron chi connectivity index (χ3n) is 2.02. The molecule has 0 saturated heterocycles. The van der Waals surface area contributed by atoms with Crippen molar-refractivity contribution >= 4 is 39.3 Å². The minimum Gasteiger partial charge on any atom is -0.338 e. The van der Waals surface area contributed by atoms with Gasteiger partial charge in [0.2, 0.25) is 0 Å². The molecule has 8 nitrogen and oxygen atoms in total. The summed E-state index contributed by atoms with van der Waals surface area (Å²) in [5, 5.41) is 9.51. The molecule has 0 aliphatic heterocycles. The van der Waals surface area contributed by atoms with Crippen molar-refractivity contribution in [1.82, 2.24) is 10.1 Å². The van der Waals surface area contributed by atoms with E-state index in [-0.39, 0.29) is 6.61 Å². The summed E-state index contributed by atoms with van der Waals surface area (Å²) in [6, 6.07) is 1.23. The molecule has 0 N–H and O–H groups in total. The third-order valence-corrected chi connectivity index (χ3v) is 3.19. The maximum absolute atomic E-state index is 12.2. The molecule has 120 valence electrons. The van der Waals surface area contributed by atoms with Crippen LogP contribution in [0.25, 0.3) is 0 Å². The molecule has 0 spiro atoms. The number of hydroxylamine groups is 2. The molecule has 1 atom stereocenters. The molecule has 0 fully saturated rings. The minimum absolute atomic E-state index is 0.106. The molecule has 2 amide bonds. The number of nitriles is 1. The van der Waals surface area contributed by atoms with Gasteiger partial charge >= 0.3 is 11.8 Å². The van der Waals surface area contributed by atoms with Gasteiger partial charge in [-0.05, 0) is 36.7 Å². The lowest BCUT2D eigenvalue weighted by Gasteiger charge is -2.31. The summed E-state index contributed by atoms with van der Waals surface area (Å²) in [4.78, 5) is 35.0. The number of alkyl halides is 2. The van der Waals surface area contributed by atoms with Crippen LogP contribution in [-0.4, -0.2) is 52.4 Å². The molecule has 21 heavy (non-hydrogen) atoms. The first-order valence-electron chi connectivity index (χ1n) is 5.94. The Labute approximate surface area is 136 Å². The summed E-state index contributed by atoms with van der Waals surface area (Å²) in [6.07, 6.45) is -0.398. The zero-order valence-electron chi connectivity index (χ0n) is 12.1. The lowest BCUT2D eigenvalue weighted by Crippen LogP contribution is -2.53. The Balaban J connectivity index is 5.26. The average Bonchev–Trinajstić information content (AvgIpc) is 2.45. The summed E-state index contributed by atoms with van der Waals surface area (Å²) in [5.74, 6) is -2.26. The van der Waals surface area contributed by atoms with Crippen LogP contribution in [-0.2, 0) is 24.0 Å². The molecule has 1 unspecified atom stereocenters. The van der Waals surface area contributed by atoms with Crippen LogP contribution in [0.1, 0.15) is 20.8 Å². The van der Waals surface area contributed by atoms with Crippen LogP contribution >= 0.6 is 27.5 Å². The highest BCUT2D eigenvalue weighted by molar-refractivity contribution is 9.10. The Morgan fingerprint density at radius 2 is 2.00 bits per heavy atom. The van der Waals surface area contributed by atoms with Gasteiger partial charge in [0, 0.05) is 7.11 Å². The van der Waals surface area contributed by atoms with E-state index < -0.39 is 28.6 Å². The van der Waals surface area contributed by atoms with Crippen LogP contribution in [0.4, 0.5) is 0 Å². The third kappa shape index (κ3) is 5.41.